The maximum Gasteiger partial charge on any atom is 0.310 e. The van der Waals surface area contributed by atoms with Crippen molar-refractivity contribution in [3.63, 3.8) is 0 Å². The first-order chi connectivity index (χ1) is 15.1. The lowest BCUT2D eigenvalue weighted by Crippen LogP contribution is -2.43. The van der Waals surface area contributed by atoms with E-state index in [1.54, 1.807) is 11.8 Å². The van der Waals surface area contributed by atoms with Crippen LogP contribution in [0.2, 0.25) is 0 Å². The molecule has 1 amide bonds. The van der Waals surface area contributed by atoms with Crippen LogP contribution in [0.1, 0.15) is 35.8 Å². The van der Waals surface area contributed by atoms with Crippen molar-refractivity contribution in [3.8, 4) is 16.9 Å². The Morgan fingerprint density at radius 3 is 2.42 bits per heavy atom. The zero-order valence-electron chi connectivity index (χ0n) is 18.0. The predicted octanol–water partition coefficient (Wildman–Crippen LogP) is 4.26. The van der Waals surface area contributed by atoms with Gasteiger partial charge in [0.2, 0.25) is 0 Å². The number of carbonyl (C=O) groups excluding carboxylic acids is 2. The summed E-state index contributed by atoms with van der Waals surface area (Å²) < 4.78 is 7.04. The Morgan fingerprint density at radius 2 is 1.74 bits per heavy atom. The second-order valence-corrected chi connectivity index (χ2v) is 7.76. The van der Waals surface area contributed by atoms with Gasteiger partial charge in [-0.15, -0.1) is 0 Å². The molecule has 1 aliphatic heterocycles. The summed E-state index contributed by atoms with van der Waals surface area (Å²) in [5.74, 6) is -0.588. The van der Waals surface area contributed by atoms with Crippen molar-refractivity contribution >= 4 is 11.9 Å². The molecule has 0 spiro atoms. The smallest absolute Gasteiger partial charge is 0.310 e. The Morgan fingerprint density at radius 1 is 1.06 bits per heavy atom. The van der Waals surface area contributed by atoms with Crippen molar-refractivity contribution in [2.45, 2.75) is 26.7 Å². The number of esters is 1. The van der Waals surface area contributed by atoms with Crippen LogP contribution in [0.15, 0.2) is 60.7 Å². The quantitative estimate of drug-likeness (QED) is 0.582. The third-order valence-corrected chi connectivity index (χ3v) is 5.65. The van der Waals surface area contributed by atoms with Gasteiger partial charge in [-0.2, -0.15) is 5.10 Å². The summed E-state index contributed by atoms with van der Waals surface area (Å²) in [6, 6.07) is 19.7. The molecule has 1 aromatic heterocycles. The number of para-hydroxylation sites is 1. The summed E-state index contributed by atoms with van der Waals surface area (Å²) in [5.41, 5.74) is 3.85. The SMILES string of the molecule is CCOC(=O)[C@@H]1CCCN(C(=O)c2c(C)nn(-c3ccccc3)c2-c2ccccc2)C1. The highest BCUT2D eigenvalue weighted by Crippen LogP contribution is 2.31. The van der Waals surface area contributed by atoms with Crippen molar-refractivity contribution in [2.75, 3.05) is 19.7 Å². The van der Waals surface area contributed by atoms with E-state index in [1.165, 1.54) is 0 Å². The molecule has 31 heavy (non-hydrogen) atoms. The van der Waals surface area contributed by atoms with Crippen LogP contribution in [0, 0.1) is 12.8 Å². The molecule has 1 atom stereocenters. The highest BCUT2D eigenvalue weighted by molar-refractivity contribution is 6.01. The van der Waals surface area contributed by atoms with Crippen LogP contribution in [0.25, 0.3) is 16.9 Å². The fraction of sp³-hybridized carbons (Fsp3) is 0.320. The van der Waals surface area contributed by atoms with E-state index in [-0.39, 0.29) is 17.8 Å². The van der Waals surface area contributed by atoms with Crippen LogP contribution in [0.3, 0.4) is 0 Å². The fourth-order valence-corrected chi connectivity index (χ4v) is 4.17. The Hall–Kier alpha value is -3.41. The van der Waals surface area contributed by atoms with E-state index in [4.69, 9.17) is 9.84 Å². The van der Waals surface area contributed by atoms with Gasteiger partial charge >= 0.3 is 5.97 Å². The molecule has 1 saturated heterocycles. The van der Waals surface area contributed by atoms with E-state index in [0.717, 1.165) is 29.8 Å². The number of likely N-dealkylation sites (tertiary alicyclic amines) is 1. The molecule has 160 valence electrons. The molecule has 0 bridgehead atoms. The first-order valence-electron chi connectivity index (χ1n) is 10.8. The number of amides is 1. The van der Waals surface area contributed by atoms with Crippen molar-refractivity contribution in [1.82, 2.24) is 14.7 Å². The lowest BCUT2D eigenvalue weighted by atomic mass is 9.96. The molecule has 1 aliphatic rings. The molecule has 0 unspecified atom stereocenters. The molecule has 0 radical (unpaired) electrons. The molecular formula is C25H27N3O3. The average Bonchev–Trinajstić information content (AvgIpc) is 3.17. The van der Waals surface area contributed by atoms with Gasteiger partial charge in [0.05, 0.1) is 35.2 Å². The van der Waals surface area contributed by atoms with Crippen LogP contribution in [-0.2, 0) is 9.53 Å². The maximum absolute atomic E-state index is 13.7. The number of hydrogen-bond acceptors (Lipinski definition) is 4. The van der Waals surface area contributed by atoms with E-state index in [1.807, 2.05) is 72.3 Å². The Bertz CT molecular complexity index is 1060. The molecule has 2 aromatic carbocycles. The zero-order valence-corrected chi connectivity index (χ0v) is 18.0. The van der Waals surface area contributed by atoms with Gasteiger partial charge in [0.1, 0.15) is 0 Å². The van der Waals surface area contributed by atoms with Gasteiger partial charge in [-0.1, -0.05) is 48.5 Å². The van der Waals surface area contributed by atoms with Gasteiger partial charge in [-0.25, -0.2) is 4.68 Å². The van der Waals surface area contributed by atoms with Crippen LogP contribution < -0.4 is 0 Å². The monoisotopic (exact) mass is 417 g/mol. The average molecular weight is 418 g/mol. The number of aromatic nitrogens is 2. The zero-order chi connectivity index (χ0) is 21.8. The van der Waals surface area contributed by atoms with Crippen LogP contribution in [0.4, 0.5) is 0 Å². The minimum absolute atomic E-state index is 0.0902. The number of nitrogens with zero attached hydrogens (tertiary/aromatic N) is 3. The van der Waals surface area contributed by atoms with Gasteiger partial charge in [-0.3, -0.25) is 9.59 Å². The highest BCUT2D eigenvalue weighted by atomic mass is 16.5. The molecule has 3 aromatic rings. The maximum atomic E-state index is 13.7. The molecule has 0 N–H and O–H groups in total. The van der Waals surface area contributed by atoms with Gasteiger partial charge < -0.3 is 9.64 Å². The van der Waals surface area contributed by atoms with Crippen molar-refractivity contribution in [3.05, 3.63) is 71.9 Å². The number of benzene rings is 2. The van der Waals surface area contributed by atoms with E-state index in [2.05, 4.69) is 0 Å². The number of aryl methyl sites for hydroxylation is 1. The van der Waals surface area contributed by atoms with Gasteiger partial charge in [0.25, 0.3) is 5.91 Å². The van der Waals surface area contributed by atoms with E-state index < -0.39 is 0 Å². The summed E-state index contributed by atoms with van der Waals surface area (Å²) in [5, 5.41) is 4.73. The molecule has 2 heterocycles. The normalized spacial score (nSPS) is 16.2. The van der Waals surface area contributed by atoms with E-state index in [9.17, 15) is 9.59 Å². The topological polar surface area (TPSA) is 64.4 Å². The Balaban J connectivity index is 1.75. The van der Waals surface area contributed by atoms with Gasteiger partial charge in [0, 0.05) is 18.7 Å². The number of hydrogen-bond donors (Lipinski definition) is 0. The van der Waals surface area contributed by atoms with E-state index in [0.29, 0.717) is 31.0 Å². The fourth-order valence-electron chi connectivity index (χ4n) is 4.17. The standard InChI is InChI=1S/C25H27N3O3/c1-3-31-25(30)20-13-10-16-27(17-20)24(29)22-18(2)26-28(21-14-8-5-9-15-21)23(22)19-11-6-4-7-12-19/h4-9,11-12,14-15,20H,3,10,13,16-17H2,1-2H3/t20-/m1/s1. The van der Waals surface area contributed by atoms with Crippen LogP contribution in [-0.4, -0.2) is 46.3 Å². The van der Waals surface area contributed by atoms with Crippen molar-refractivity contribution in [2.24, 2.45) is 5.92 Å². The molecular weight excluding hydrogens is 390 g/mol. The van der Waals surface area contributed by atoms with Crippen molar-refractivity contribution in [1.29, 1.82) is 0 Å². The summed E-state index contributed by atoms with van der Waals surface area (Å²) in [6.07, 6.45) is 1.53. The molecule has 6 heteroatoms. The Kier molecular flexibility index (Phi) is 6.16. The van der Waals surface area contributed by atoms with Crippen LogP contribution >= 0.6 is 0 Å². The third-order valence-electron chi connectivity index (χ3n) is 5.65. The molecule has 4 rings (SSSR count). The molecule has 0 aliphatic carbocycles. The molecule has 6 nitrogen and oxygen atoms in total. The number of rotatable bonds is 5. The first kappa shape index (κ1) is 20.8. The number of ether oxygens (including phenoxy) is 1. The second-order valence-electron chi connectivity index (χ2n) is 7.76. The second kappa shape index (κ2) is 9.16. The minimum Gasteiger partial charge on any atom is -0.466 e. The number of piperidine rings is 1. The van der Waals surface area contributed by atoms with Crippen molar-refractivity contribution < 1.29 is 14.3 Å². The van der Waals surface area contributed by atoms with Gasteiger partial charge in [0.15, 0.2) is 0 Å². The lowest BCUT2D eigenvalue weighted by Gasteiger charge is -2.31. The molecule has 0 saturated carbocycles. The third kappa shape index (κ3) is 4.24. The highest BCUT2D eigenvalue weighted by Gasteiger charge is 2.33. The largest absolute Gasteiger partial charge is 0.466 e. The summed E-state index contributed by atoms with van der Waals surface area (Å²) in [6.45, 7) is 5.02. The lowest BCUT2D eigenvalue weighted by molar-refractivity contribution is -0.149. The first-order valence-corrected chi connectivity index (χ1v) is 10.8. The predicted molar refractivity (Wildman–Crippen MR) is 119 cm³/mol. The summed E-state index contributed by atoms with van der Waals surface area (Å²) >= 11 is 0. The molecule has 1 fully saturated rings. The summed E-state index contributed by atoms with van der Waals surface area (Å²) in [4.78, 5) is 27.8. The summed E-state index contributed by atoms with van der Waals surface area (Å²) in [7, 11) is 0. The Labute approximate surface area is 182 Å². The number of carbonyl (C=O) groups is 2. The van der Waals surface area contributed by atoms with Gasteiger partial charge in [-0.05, 0) is 38.8 Å². The minimum atomic E-state index is -0.276. The van der Waals surface area contributed by atoms with E-state index >= 15 is 0 Å². The van der Waals surface area contributed by atoms with Crippen LogP contribution in [0.5, 0.6) is 0 Å².